The van der Waals surface area contributed by atoms with E-state index in [4.69, 9.17) is 9.26 Å². The van der Waals surface area contributed by atoms with Gasteiger partial charge in [-0.1, -0.05) is 43.3 Å². The number of hydrogen-bond donors (Lipinski definition) is 2. The van der Waals surface area contributed by atoms with Crippen molar-refractivity contribution in [3.63, 3.8) is 0 Å². The normalized spacial score (nSPS) is 20.4. The minimum atomic E-state index is -0.814. The predicted molar refractivity (Wildman–Crippen MR) is 137 cm³/mol. The fraction of sp³-hybridized carbons (Fsp3) is 0.519. The van der Waals surface area contributed by atoms with Gasteiger partial charge in [0.25, 0.3) is 0 Å². The van der Waals surface area contributed by atoms with Gasteiger partial charge in [0.2, 0.25) is 11.8 Å². The highest BCUT2D eigenvalue weighted by Crippen LogP contribution is 2.40. The van der Waals surface area contributed by atoms with Crippen molar-refractivity contribution in [3.8, 4) is 17.0 Å². The molecule has 3 heterocycles. The van der Waals surface area contributed by atoms with Crippen LogP contribution >= 0.6 is 0 Å². The van der Waals surface area contributed by atoms with Gasteiger partial charge in [-0.25, -0.2) is 4.68 Å². The quantitative estimate of drug-likeness (QED) is 0.461. The third-order valence-electron chi connectivity index (χ3n) is 7.09. The van der Waals surface area contributed by atoms with Crippen molar-refractivity contribution in [3.05, 3.63) is 48.0 Å². The maximum Gasteiger partial charge on any atom is 0.248 e. The number of aromatic nitrogens is 4. The number of nitrogens with one attached hydrogen (secondary N) is 1. The Morgan fingerprint density at radius 3 is 2.74 bits per heavy atom. The van der Waals surface area contributed by atoms with Crippen LogP contribution < -0.4 is 10.1 Å². The zero-order valence-corrected chi connectivity index (χ0v) is 22.1. The molecule has 38 heavy (non-hydrogen) atoms. The first-order valence-electron chi connectivity index (χ1n) is 12.9. The Balaban J connectivity index is 1.29. The lowest BCUT2D eigenvalue weighted by Gasteiger charge is -2.34. The van der Waals surface area contributed by atoms with E-state index in [0.717, 1.165) is 24.1 Å². The number of benzene rings is 1. The zero-order chi connectivity index (χ0) is 27.0. The molecule has 11 nitrogen and oxygen atoms in total. The van der Waals surface area contributed by atoms with Gasteiger partial charge < -0.3 is 24.6 Å². The number of β-amino-alcohol motifs (C(OH)–C–C–N with tert-alkyl or cyclic N) is 1. The van der Waals surface area contributed by atoms with Gasteiger partial charge in [-0.3, -0.25) is 9.59 Å². The Bertz CT molecular complexity index is 1310. The minimum Gasteiger partial charge on any atom is -0.496 e. The topological polar surface area (TPSA) is 136 Å². The van der Waals surface area contributed by atoms with E-state index in [-0.39, 0.29) is 31.3 Å². The van der Waals surface area contributed by atoms with Gasteiger partial charge >= 0.3 is 0 Å². The summed E-state index contributed by atoms with van der Waals surface area (Å²) in [5.41, 5.74) is 1.77. The molecular formula is C27H34N6O5. The largest absolute Gasteiger partial charge is 0.496 e. The molecule has 1 aliphatic carbocycles. The van der Waals surface area contributed by atoms with Crippen LogP contribution in [-0.2, 0) is 16.1 Å². The van der Waals surface area contributed by atoms with E-state index in [9.17, 15) is 14.7 Å². The molecule has 3 aromatic rings. The molecule has 2 N–H and O–H groups in total. The number of amides is 2. The molecule has 1 saturated heterocycles. The predicted octanol–water partition coefficient (Wildman–Crippen LogP) is 2.68. The van der Waals surface area contributed by atoms with Gasteiger partial charge in [0, 0.05) is 36.7 Å². The van der Waals surface area contributed by atoms with Crippen LogP contribution in [0.25, 0.3) is 11.3 Å². The summed E-state index contributed by atoms with van der Waals surface area (Å²) in [5, 5.41) is 25.9. The summed E-state index contributed by atoms with van der Waals surface area (Å²) in [4.78, 5) is 28.5. The van der Waals surface area contributed by atoms with Crippen LogP contribution in [0.3, 0.4) is 0 Å². The maximum absolute atomic E-state index is 13.8. The van der Waals surface area contributed by atoms with Crippen molar-refractivity contribution in [2.75, 3.05) is 13.7 Å². The Morgan fingerprint density at radius 2 is 2.03 bits per heavy atom. The number of methoxy groups -OCH3 is 1. The third kappa shape index (κ3) is 5.28. The molecule has 2 amide bonds. The lowest BCUT2D eigenvalue weighted by atomic mass is 9.85. The number of hydrogen-bond acceptors (Lipinski definition) is 8. The molecule has 1 aliphatic heterocycles. The molecule has 1 saturated carbocycles. The molecule has 0 unspecified atom stereocenters. The Hall–Kier alpha value is -3.73. The van der Waals surface area contributed by atoms with E-state index in [1.54, 1.807) is 17.9 Å². The SMILES string of the molecule is COc1ccccc1-c1cc(CNC(=O)[C@@H]2C[C@@H](O)CN2C(=O)[C@@H](n2cc(C3CC3)nn2)C(C)(C)C)on1. The monoisotopic (exact) mass is 522 g/mol. The first kappa shape index (κ1) is 25.9. The fourth-order valence-electron chi connectivity index (χ4n) is 5.00. The number of para-hydroxylation sites is 1. The summed E-state index contributed by atoms with van der Waals surface area (Å²) in [6, 6.07) is 7.71. The number of rotatable bonds is 8. The summed E-state index contributed by atoms with van der Waals surface area (Å²) >= 11 is 0. The zero-order valence-electron chi connectivity index (χ0n) is 22.1. The maximum atomic E-state index is 13.8. The number of ether oxygens (including phenoxy) is 1. The molecule has 202 valence electrons. The van der Waals surface area contributed by atoms with E-state index >= 15 is 0 Å². The molecule has 11 heteroatoms. The second-order valence-electron chi connectivity index (χ2n) is 11.2. The van der Waals surface area contributed by atoms with Gasteiger partial charge in [0.15, 0.2) is 5.76 Å². The molecule has 1 aromatic carbocycles. The molecule has 2 aliphatic rings. The highest BCUT2D eigenvalue weighted by atomic mass is 16.5. The van der Waals surface area contributed by atoms with Crippen molar-refractivity contribution in [1.82, 2.24) is 30.4 Å². The van der Waals surface area contributed by atoms with Crippen molar-refractivity contribution >= 4 is 11.8 Å². The highest BCUT2D eigenvalue weighted by molar-refractivity contribution is 5.90. The molecule has 2 aromatic heterocycles. The van der Waals surface area contributed by atoms with Crippen molar-refractivity contribution in [2.24, 2.45) is 5.41 Å². The molecular weight excluding hydrogens is 488 g/mol. The summed E-state index contributed by atoms with van der Waals surface area (Å²) in [7, 11) is 1.59. The van der Waals surface area contributed by atoms with E-state index < -0.39 is 23.6 Å². The Labute approximate surface area is 221 Å². The van der Waals surface area contributed by atoms with Gasteiger partial charge in [-0.05, 0) is 30.4 Å². The second-order valence-corrected chi connectivity index (χ2v) is 11.2. The van der Waals surface area contributed by atoms with Crippen LogP contribution in [0.1, 0.15) is 63.4 Å². The number of likely N-dealkylation sites (tertiary alicyclic amines) is 1. The number of nitrogens with zero attached hydrogens (tertiary/aromatic N) is 5. The van der Waals surface area contributed by atoms with Crippen LogP contribution in [0.4, 0.5) is 0 Å². The number of carbonyl (C=O) groups excluding carboxylic acids is 2. The summed E-state index contributed by atoms with van der Waals surface area (Å²) in [5.74, 6) is 0.898. The van der Waals surface area contributed by atoms with Crippen LogP contribution in [0.5, 0.6) is 5.75 Å². The summed E-state index contributed by atoms with van der Waals surface area (Å²) < 4.78 is 12.4. The molecule has 5 rings (SSSR count). The Morgan fingerprint density at radius 1 is 1.26 bits per heavy atom. The van der Waals surface area contributed by atoms with Gasteiger partial charge in [-0.15, -0.1) is 5.10 Å². The van der Waals surface area contributed by atoms with Crippen molar-refractivity contribution < 1.29 is 24.0 Å². The lowest BCUT2D eigenvalue weighted by Crippen LogP contribution is -2.50. The number of aliphatic hydroxyl groups excluding tert-OH is 1. The van der Waals surface area contributed by atoms with Crippen molar-refractivity contribution in [1.29, 1.82) is 0 Å². The molecule has 0 radical (unpaired) electrons. The van der Waals surface area contributed by atoms with E-state index in [2.05, 4.69) is 20.8 Å². The first-order chi connectivity index (χ1) is 18.2. The van der Waals surface area contributed by atoms with E-state index in [0.29, 0.717) is 23.1 Å². The molecule has 0 spiro atoms. The van der Waals surface area contributed by atoms with Gasteiger partial charge in [0.05, 0.1) is 25.5 Å². The first-order valence-corrected chi connectivity index (χ1v) is 12.9. The molecule has 0 bridgehead atoms. The van der Waals surface area contributed by atoms with Crippen LogP contribution in [0.15, 0.2) is 41.1 Å². The van der Waals surface area contributed by atoms with Crippen LogP contribution in [0.2, 0.25) is 0 Å². The van der Waals surface area contributed by atoms with E-state index in [1.165, 1.54) is 4.90 Å². The van der Waals surface area contributed by atoms with Gasteiger partial charge in [0.1, 0.15) is 23.5 Å². The van der Waals surface area contributed by atoms with Crippen LogP contribution in [-0.4, -0.2) is 67.8 Å². The highest BCUT2D eigenvalue weighted by Gasteiger charge is 2.45. The van der Waals surface area contributed by atoms with Gasteiger partial charge in [-0.2, -0.15) is 0 Å². The smallest absolute Gasteiger partial charge is 0.248 e. The number of aliphatic hydroxyl groups is 1. The third-order valence-corrected chi connectivity index (χ3v) is 7.09. The minimum absolute atomic E-state index is 0.0773. The fourth-order valence-corrected chi connectivity index (χ4v) is 5.00. The Kier molecular flexibility index (Phi) is 6.95. The lowest BCUT2D eigenvalue weighted by molar-refractivity contribution is -0.144. The average molecular weight is 523 g/mol. The average Bonchev–Trinajstić information content (AvgIpc) is 3.26. The number of carbonyl (C=O) groups is 2. The van der Waals surface area contributed by atoms with Crippen LogP contribution in [0, 0.1) is 5.41 Å². The second kappa shape index (κ2) is 10.2. The van der Waals surface area contributed by atoms with Crippen molar-refractivity contribution in [2.45, 2.75) is 70.7 Å². The molecule has 3 atom stereocenters. The standard InChI is InChI=1S/C27H34N6O5/c1-27(2,3)24(33-15-21(29-31-33)16-9-10-16)26(36)32-14-17(34)11-22(32)25(35)28-13-18-12-20(30-38-18)19-7-5-6-8-23(19)37-4/h5-8,12,15-17,22,24,34H,9-11,13-14H2,1-4H3,(H,28,35)/t17-,22+,24-/m1/s1. The van der Waals surface area contributed by atoms with E-state index in [1.807, 2.05) is 51.2 Å². The summed E-state index contributed by atoms with van der Waals surface area (Å²) in [6.07, 6.45) is 3.37. The summed E-state index contributed by atoms with van der Waals surface area (Å²) in [6.45, 7) is 6.04. The molecule has 2 fully saturated rings.